The summed E-state index contributed by atoms with van der Waals surface area (Å²) < 4.78 is 11.8. The molecule has 0 amide bonds. The summed E-state index contributed by atoms with van der Waals surface area (Å²) in [6.45, 7) is 11.5. The Kier molecular flexibility index (Phi) is 6.68. The van der Waals surface area contributed by atoms with Gasteiger partial charge in [0.1, 0.15) is 0 Å². The van der Waals surface area contributed by atoms with E-state index in [4.69, 9.17) is 9.47 Å². The minimum absolute atomic E-state index is 0.317. The van der Waals surface area contributed by atoms with Crippen LogP contribution in [-0.2, 0) is 22.6 Å². The van der Waals surface area contributed by atoms with Gasteiger partial charge in [-0.2, -0.15) is 0 Å². The lowest BCUT2D eigenvalue weighted by molar-refractivity contribution is -0.105. The van der Waals surface area contributed by atoms with E-state index in [2.05, 4.69) is 45.1 Å². The van der Waals surface area contributed by atoms with Gasteiger partial charge in [-0.3, -0.25) is 0 Å². The molecule has 1 N–H and O–H groups in total. The Morgan fingerprint density at radius 2 is 1.90 bits per heavy atom. The highest BCUT2D eigenvalue weighted by Gasteiger charge is 2.24. The monoisotopic (exact) mass is 311 g/mol. The molecular weight excluding hydrogens is 282 g/mol. The van der Waals surface area contributed by atoms with Gasteiger partial charge in [0.25, 0.3) is 0 Å². The van der Waals surface area contributed by atoms with Gasteiger partial charge in [-0.05, 0) is 51.3 Å². The number of hydrogen-bond donors (Lipinski definition) is 1. The summed E-state index contributed by atoms with van der Waals surface area (Å²) in [5.41, 5.74) is 0. The van der Waals surface area contributed by atoms with Gasteiger partial charge < -0.3 is 14.8 Å². The predicted octanol–water partition coefficient (Wildman–Crippen LogP) is 3.97. The van der Waals surface area contributed by atoms with Crippen LogP contribution in [0.5, 0.6) is 0 Å². The number of nitrogens with one attached hydrogen (secondary N) is 1. The van der Waals surface area contributed by atoms with E-state index >= 15 is 0 Å². The fraction of sp³-hybridized carbons (Fsp3) is 0.765. The Bertz CT molecular complexity index is 409. The van der Waals surface area contributed by atoms with E-state index in [9.17, 15) is 0 Å². The third kappa shape index (κ3) is 6.07. The average Bonchev–Trinajstić information content (AvgIpc) is 2.83. The van der Waals surface area contributed by atoms with Crippen molar-refractivity contribution in [2.24, 2.45) is 5.92 Å². The van der Waals surface area contributed by atoms with E-state index in [0.29, 0.717) is 24.2 Å². The first kappa shape index (κ1) is 16.9. The molecule has 0 aliphatic carbocycles. The van der Waals surface area contributed by atoms with Gasteiger partial charge in [0.05, 0.1) is 24.9 Å². The van der Waals surface area contributed by atoms with Crippen molar-refractivity contribution in [3.8, 4) is 0 Å². The van der Waals surface area contributed by atoms with E-state index < -0.39 is 0 Å². The molecule has 1 aromatic rings. The maximum atomic E-state index is 6.08. The third-order valence-corrected chi connectivity index (χ3v) is 4.74. The minimum atomic E-state index is 0.317. The van der Waals surface area contributed by atoms with Crippen LogP contribution in [0.1, 0.15) is 50.3 Å². The summed E-state index contributed by atoms with van der Waals surface area (Å²) in [7, 11) is 0. The van der Waals surface area contributed by atoms with Crippen LogP contribution in [0.3, 0.4) is 0 Å². The molecule has 21 heavy (non-hydrogen) atoms. The number of hydrogen-bond acceptors (Lipinski definition) is 4. The van der Waals surface area contributed by atoms with Crippen LogP contribution in [0.15, 0.2) is 12.1 Å². The van der Waals surface area contributed by atoms with Gasteiger partial charge in [-0.15, -0.1) is 11.3 Å². The van der Waals surface area contributed by atoms with Crippen molar-refractivity contribution in [3.05, 3.63) is 21.9 Å². The van der Waals surface area contributed by atoms with Gasteiger partial charge in [0, 0.05) is 16.3 Å². The second-order valence-corrected chi connectivity index (χ2v) is 7.81. The smallest absolute Gasteiger partial charge is 0.0813 e. The van der Waals surface area contributed by atoms with Crippen LogP contribution in [-0.4, -0.2) is 24.9 Å². The number of ether oxygens (including phenoxy) is 2. The molecule has 1 fully saturated rings. The second-order valence-electron chi connectivity index (χ2n) is 6.55. The molecule has 0 radical (unpaired) electrons. The normalized spacial score (nSPS) is 26.4. The molecular formula is C17H29NO2S. The van der Waals surface area contributed by atoms with Gasteiger partial charge in [-0.25, -0.2) is 0 Å². The van der Waals surface area contributed by atoms with Gasteiger partial charge >= 0.3 is 0 Å². The molecule has 2 unspecified atom stereocenters. The zero-order chi connectivity index (χ0) is 15.2. The van der Waals surface area contributed by atoms with Gasteiger partial charge in [0.15, 0.2) is 0 Å². The maximum Gasteiger partial charge on any atom is 0.0813 e. The van der Waals surface area contributed by atoms with Crippen molar-refractivity contribution in [1.82, 2.24) is 5.32 Å². The molecule has 3 nitrogen and oxygen atoms in total. The molecule has 1 aromatic heterocycles. The highest BCUT2D eigenvalue weighted by molar-refractivity contribution is 7.11. The van der Waals surface area contributed by atoms with E-state index in [1.54, 1.807) is 0 Å². The first-order valence-corrected chi connectivity index (χ1v) is 8.90. The maximum absolute atomic E-state index is 6.08. The van der Waals surface area contributed by atoms with Crippen molar-refractivity contribution >= 4 is 11.3 Å². The first-order valence-electron chi connectivity index (χ1n) is 8.08. The highest BCUT2D eigenvalue weighted by Crippen LogP contribution is 2.24. The zero-order valence-corrected chi connectivity index (χ0v) is 14.5. The largest absolute Gasteiger partial charge is 0.375 e. The van der Waals surface area contributed by atoms with Crippen LogP contribution in [0.2, 0.25) is 0 Å². The van der Waals surface area contributed by atoms with E-state index in [1.165, 1.54) is 9.75 Å². The summed E-state index contributed by atoms with van der Waals surface area (Å²) in [5.74, 6) is 0.699. The lowest BCUT2D eigenvalue weighted by Gasteiger charge is -2.31. The van der Waals surface area contributed by atoms with Gasteiger partial charge in [-0.1, -0.05) is 13.8 Å². The minimum Gasteiger partial charge on any atom is -0.375 e. The van der Waals surface area contributed by atoms with Crippen LogP contribution in [0.25, 0.3) is 0 Å². The summed E-state index contributed by atoms with van der Waals surface area (Å²) in [4.78, 5) is 2.71. The fourth-order valence-corrected chi connectivity index (χ4v) is 3.67. The molecule has 4 heteroatoms. The lowest BCUT2D eigenvalue weighted by atomic mass is 10.0. The Morgan fingerprint density at radius 1 is 1.24 bits per heavy atom. The molecule has 2 heterocycles. The fourth-order valence-electron chi connectivity index (χ4n) is 2.76. The summed E-state index contributed by atoms with van der Waals surface area (Å²) in [5, 5.41) is 3.48. The molecule has 0 saturated carbocycles. The molecule has 120 valence electrons. The molecule has 0 spiro atoms. The van der Waals surface area contributed by atoms with E-state index in [0.717, 1.165) is 32.5 Å². The molecule has 0 bridgehead atoms. The van der Waals surface area contributed by atoms with Crippen LogP contribution in [0, 0.1) is 5.92 Å². The van der Waals surface area contributed by atoms with Crippen LogP contribution >= 0.6 is 11.3 Å². The molecule has 0 aromatic carbocycles. The molecule has 2 atom stereocenters. The van der Waals surface area contributed by atoms with Gasteiger partial charge in [0.2, 0.25) is 0 Å². The summed E-state index contributed by atoms with van der Waals surface area (Å²) in [6.07, 6.45) is 3.00. The van der Waals surface area contributed by atoms with Crippen molar-refractivity contribution in [2.45, 2.75) is 72.0 Å². The Morgan fingerprint density at radius 3 is 2.57 bits per heavy atom. The molecule has 1 saturated heterocycles. The topological polar surface area (TPSA) is 30.5 Å². The van der Waals surface area contributed by atoms with Crippen molar-refractivity contribution in [3.63, 3.8) is 0 Å². The standard InChI is InChI=1S/C17H29NO2S/c1-12(2)9-18-10-16-5-6-17(21-16)11-19-15-7-13(3)20-14(4)8-15/h5-6,12-15,18H,7-11H2,1-4H3. The van der Waals surface area contributed by atoms with Crippen LogP contribution in [0.4, 0.5) is 0 Å². The quantitative estimate of drug-likeness (QED) is 0.826. The van der Waals surface area contributed by atoms with Crippen molar-refractivity contribution < 1.29 is 9.47 Å². The first-order chi connectivity index (χ1) is 10.0. The molecule has 2 rings (SSSR count). The van der Waals surface area contributed by atoms with Crippen molar-refractivity contribution in [2.75, 3.05) is 6.54 Å². The van der Waals surface area contributed by atoms with E-state index in [1.807, 2.05) is 11.3 Å². The summed E-state index contributed by atoms with van der Waals surface area (Å²) in [6, 6.07) is 4.41. The zero-order valence-electron chi connectivity index (χ0n) is 13.7. The second kappa shape index (κ2) is 8.28. The Labute approximate surface area is 133 Å². The predicted molar refractivity (Wildman–Crippen MR) is 88.7 cm³/mol. The Hall–Kier alpha value is -0.420. The SMILES string of the molecule is CC(C)CNCc1ccc(COC2CC(C)OC(C)C2)s1. The highest BCUT2D eigenvalue weighted by atomic mass is 32.1. The van der Waals surface area contributed by atoms with Crippen LogP contribution < -0.4 is 5.32 Å². The number of rotatable bonds is 7. The van der Waals surface area contributed by atoms with E-state index in [-0.39, 0.29) is 0 Å². The lowest BCUT2D eigenvalue weighted by Crippen LogP contribution is -2.33. The number of thiophene rings is 1. The molecule has 1 aliphatic heterocycles. The Balaban J connectivity index is 1.72. The average molecular weight is 311 g/mol. The molecule has 1 aliphatic rings. The van der Waals surface area contributed by atoms with Crippen molar-refractivity contribution in [1.29, 1.82) is 0 Å². The third-order valence-electron chi connectivity index (χ3n) is 3.68. The summed E-state index contributed by atoms with van der Waals surface area (Å²) >= 11 is 1.86.